The van der Waals surface area contributed by atoms with E-state index < -0.39 is 11.6 Å². The fourth-order valence-electron chi connectivity index (χ4n) is 1.66. The summed E-state index contributed by atoms with van der Waals surface area (Å²) in [6, 6.07) is 5.11. The number of aryl methyl sites for hydroxylation is 1. The number of para-hydroxylation sites is 1. The lowest BCUT2D eigenvalue weighted by molar-refractivity contribution is 0.0713. The van der Waals surface area contributed by atoms with Crippen molar-refractivity contribution in [2.45, 2.75) is 32.3 Å². The highest BCUT2D eigenvalue weighted by Gasteiger charge is 2.14. The summed E-state index contributed by atoms with van der Waals surface area (Å²) in [5.41, 5.74) is 0.261. The first kappa shape index (κ1) is 11.0. The highest BCUT2D eigenvalue weighted by molar-refractivity contribution is 5.77. The van der Waals surface area contributed by atoms with Gasteiger partial charge in [-0.2, -0.15) is 9.98 Å². The maximum absolute atomic E-state index is 11.1. The van der Waals surface area contributed by atoms with Crippen LogP contribution in [0.25, 0.3) is 0 Å². The second-order valence-electron chi connectivity index (χ2n) is 4.60. The van der Waals surface area contributed by atoms with Gasteiger partial charge in [0, 0.05) is 0 Å². The lowest BCUT2D eigenvalue weighted by Crippen LogP contribution is -2.28. The number of benzene rings is 1. The van der Waals surface area contributed by atoms with Crippen LogP contribution in [0.2, 0.25) is 0 Å². The molecule has 0 aromatic heterocycles. The van der Waals surface area contributed by atoms with Crippen molar-refractivity contribution in [1.29, 1.82) is 0 Å². The molecule has 0 aliphatic carbocycles. The van der Waals surface area contributed by atoms with Gasteiger partial charge in [-0.25, -0.2) is 4.79 Å². The maximum atomic E-state index is 11.1. The summed E-state index contributed by atoms with van der Waals surface area (Å²) in [4.78, 5) is 18.7. The quantitative estimate of drug-likeness (QED) is 0.814. The van der Waals surface area contributed by atoms with Gasteiger partial charge in [0.2, 0.25) is 0 Å². The largest absolute Gasteiger partial charge is 0.390 e. The molecule has 0 saturated carbocycles. The van der Waals surface area contributed by atoms with Crippen LogP contribution in [0, 0.1) is 0 Å². The predicted octanol–water partition coefficient (Wildman–Crippen LogP) is 0.763. The summed E-state index contributed by atoms with van der Waals surface area (Å²) in [6.45, 7) is 3.53. The molecule has 2 rings (SSSR count). The Hall–Kier alpha value is -1.55. The van der Waals surface area contributed by atoms with Gasteiger partial charge in [0.1, 0.15) is 0 Å². The van der Waals surface area contributed by atoms with E-state index in [0.717, 1.165) is 5.56 Å². The van der Waals surface area contributed by atoms with Gasteiger partial charge in [-0.15, -0.1) is 0 Å². The second kappa shape index (κ2) is 3.79. The van der Waals surface area contributed by atoms with Gasteiger partial charge >= 0.3 is 6.03 Å². The Labute approximate surface area is 93.4 Å². The topological polar surface area (TPSA) is 62.0 Å². The SMILES string of the molecule is CC(C)(O)CCc1cccc2c1=NC(=O)N=2. The van der Waals surface area contributed by atoms with Crippen molar-refractivity contribution in [3.63, 3.8) is 0 Å². The molecule has 0 fully saturated rings. The number of hydrogen-bond donors (Lipinski definition) is 1. The number of carbonyl (C=O) groups excluding carboxylic acids is 1. The minimum Gasteiger partial charge on any atom is -0.390 e. The monoisotopic (exact) mass is 218 g/mol. The number of aliphatic hydroxyl groups is 1. The third-order valence-corrected chi connectivity index (χ3v) is 2.53. The molecule has 1 N–H and O–H groups in total. The van der Waals surface area contributed by atoms with Crippen molar-refractivity contribution in [2.75, 3.05) is 0 Å². The Morgan fingerprint density at radius 3 is 2.75 bits per heavy atom. The minimum atomic E-state index is -0.706. The molecule has 1 aliphatic heterocycles. The first-order valence-corrected chi connectivity index (χ1v) is 5.27. The molecule has 0 unspecified atom stereocenters. The molecule has 0 bridgehead atoms. The molecule has 84 valence electrons. The first-order valence-electron chi connectivity index (χ1n) is 5.27. The van der Waals surface area contributed by atoms with Crippen molar-refractivity contribution in [3.8, 4) is 0 Å². The third kappa shape index (κ3) is 2.33. The van der Waals surface area contributed by atoms with E-state index in [1.165, 1.54) is 0 Å². The lowest BCUT2D eigenvalue weighted by atomic mass is 9.98. The molecule has 1 aromatic rings. The Bertz CT molecular complexity index is 541. The summed E-state index contributed by atoms with van der Waals surface area (Å²) in [5, 5.41) is 11.0. The summed E-state index contributed by atoms with van der Waals surface area (Å²) in [7, 11) is 0. The fourth-order valence-corrected chi connectivity index (χ4v) is 1.66. The van der Waals surface area contributed by atoms with Gasteiger partial charge in [0.05, 0.1) is 16.3 Å². The van der Waals surface area contributed by atoms with Crippen molar-refractivity contribution in [3.05, 3.63) is 34.5 Å². The van der Waals surface area contributed by atoms with E-state index in [1.807, 2.05) is 12.1 Å². The molecule has 0 saturated heterocycles. The molecular weight excluding hydrogens is 204 g/mol. The zero-order valence-corrected chi connectivity index (χ0v) is 9.40. The number of rotatable bonds is 3. The number of urea groups is 1. The van der Waals surface area contributed by atoms with Gasteiger partial charge in [-0.3, -0.25) is 0 Å². The Morgan fingerprint density at radius 2 is 2.06 bits per heavy atom. The standard InChI is InChI=1S/C12H14N2O2/c1-12(2,16)7-6-8-4-3-5-9-10(8)14-11(15)13-9/h3-5,16H,6-7H2,1-2H3. The van der Waals surface area contributed by atoms with E-state index in [0.29, 0.717) is 23.6 Å². The number of carbonyl (C=O) groups is 1. The van der Waals surface area contributed by atoms with Gasteiger partial charge in [0.25, 0.3) is 0 Å². The molecule has 4 heteroatoms. The molecule has 16 heavy (non-hydrogen) atoms. The van der Waals surface area contributed by atoms with E-state index in [2.05, 4.69) is 9.98 Å². The third-order valence-electron chi connectivity index (χ3n) is 2.53. The minimum absolute atomic E-state index is 0.439. The number of amides is 2. The number of nitrogens with zero attached hydrogens (tertiary/aromatic N) is 2. The van der Waals surface area contributed by atoms with E-state index >= 15 is 0 Å². The molecule has 0 radical (unpaired) electrons. The van der Waals surface area contributed by atoms with E-state index in [-0.39, 0.29) is 0 Å². The average Bonchev–Trinajstić information content (AvgIpc) is 2.54. The predicted molar refractivity (Wildman–Crippen MR) is 58.8 cm³/mol. The fraction of sp³-hybridized carbons (Fsp3) is 0.417. The van der Waals surface area contributed by atoms with Crippen molar-refractivity contribution >= 4 is 6.03 Å². The number of fused-ring (bicyclic) bond motifs is 1. The molecule has 1 heterocycles. The second-order valence-corrected chi connectivity index (χ2v) is 4.60. The molecule has 4 nitrogen and oxygen atoms in total. The van der Waals surface area contributed by atoms with Crippen LogP contribution in [0.1, 0.15) is 25.8 Å². The van der Waals surface area contributed by atoms with Crippen LogP contribution in [0.4, 0.5) is 4.79 Å². The summed E-state index contributed by atoms with van der Waals surface area (Å²) >= 11 is 0. The van der Waals surface area contributed by atoms with Gasteiger partial charge in [-0.05, 0) is 38.3 Å². The Kier molecular flexibility index (Phi) is 2.59. The van der Waals surface area contributed by atoms with Crippen molar-refractivity contribution in [2.24, 2.45) is 9.98 Å². The molecular formula is C12H14N2O2. The highest BCUT2D eigenvalue weighted by Crippen LogP contribution is 2.10. The molecule has 1 aliphatic rings. The summed E-state index contributed by atoms with van der Waals surface area (Å²) in [5.74, 6) is 0. The van der Waals surface area contributed by atoms with Gasteiger partial charge in [0.15, 0.2) is 0 Å². The molecule has 0 atom stereocenters. The zero-order valence-electron chi connectivity index (χ0n) is 9.40. The highest BCUT2D eigenvalue weighted by atomic mass is 16.3. The molecule has 2 amide bonds. The van der Waals surface area contributed by atoms with E-state index in [9.17, 15) is 9.90 Å². The van der Waals surface area contributed by atoms with Gasteiger partial charge in [-0.1, -0.05) is 12.1 Å². The molecule has 0 spiro atoms. The van der Waals surface area contributed by atoms with Crippen LogP contribution in [-0.4, -0.2) is 16.7 Å². The Balaban J connectivity index is 2.33. The van der Waals surface area contributed by atoms with Crippen molar-refractivity contribution < 1.29 is 9.90 Å². The maximum Gasteiger partial charge on any atom is 0.368 e. The Morgan fingerprint density at radius 1 is 1.31 bits per heavy atom. The normalized spacial score (nSPS) is 14.3. The van der Waals surface area contributed by atoms with Crippen LogP contribution < -0.4 is 10.7 Å². The number of hydrogen-bond acceptors (Lipinski definition) is 2. The molecule has 1 aromatic carbocycles. The van der Waals surface area contributed by atoms with Crippen LogP contribution in [0.3, 0.4) is 0 Å². The van der Waals surface area contributed by atoms with Crippen molar-refractivity contribution in [1.82, 2.24) is 0 Å². The first-order chi connectivity index (χ1) is 7.46. The van der Waals surface area contributed by atoms with E-state index in [1.54, 1.807) is 19.9 Å². The smallest absolute Gasteiger partial charge is 0.368 e. The van der Waals surface area contributed by atoms with Gasteiger partial charge < -0.3 is 5.11 Å². The summed E-state index contributed by atoms with van der Waals surface area (Å²) < 4.78 is 0. The summed E-state index contributed by atoms with van der Waals surface area (Å²) in [6.07, 6.45) is 1.33. The van der Waals surface area contributed by atoms with Crippen LogP contribution in [0.15, 0.2) is 28.2 Å². The van der Waals surface area contributed by atoms with Crippen LogP contribution >= 0.6 is 0 Å². The zero-order chi connectivity index (χ0) is 11.8. The van der Waals surface area contributed by atoms with Crippen LogP contribution in [0.5, 0.6) is 0 Å². The average molecular weight is 218 g/mol. The van der Waals surface area contributed by atoms with E-state index in [4.69, 9.17) is 0 Å². The van der Waals surface area contributed by atoms with Crippen LogP contribution in [-0.2, 0) is 6.42 Å². The lowest BCUT2D eigenvalue weighted by Gasteiger charge is -2.16.